The molecule has 2 rings (SSSR count). The highest BCUT2D eigenvalue weighted by atomic mass is 35.5. The first-order valence-corrected chi connectivity index (χ1v) is 6.65. The van der Waals surface area contributed by atoms with E-state index in [2.05, 4.69) is 10.2 Å². The van der Waals surface area contributed by atoms with Gasteiger partial charge in [0.15, 0.2) is 0 Å². The molecule has 3 N–H and O–H groups in total. The molecule has 17 heavy (non-hydrogen) atoms. The SMILES string of the molecule is Nc1cccc(Cl)c1NCCCN1CCCC1. The lowest BCUT2D eigenvalue weighted by Crippen LogP contribution is -2.22. The molecule has 0 saturated carbocycles. The first-order chi connectivity index (χ1) is 8.27. The molecule has 0 bridgehead atoms. The zero-order chi connectivity index (χ0) is 12.1. The van der Waals surface area contributed by atoms with Gasteiger partial charge in [-0.15, -0.1) is 0 Å². The van der Waals surface area contributed by atoms with Gasteiger partial charge in [0, 0.05) is 6.54 Å². The van der Waals surface area contributed by atoms with E-state index in [1.807, 2.05) is 18.2 Å². The Hall–Kier alpha value is -0.930. The number of nitrogens with zero attached hydrogens (tertiary/aromatic N) is 1. The lowest BCUT2D eigenvalue weighted by molar-refractivity contribution is 0.337. The molecule has 1 aliphatic rings. The molecule has 0 spiro atoms. The van der Waals surface area contributed by atoms with Gasteiger partial charge in [-0.3, -0.25) is 0 Å². The molecule has 1 fully saturated rings. The molecular formula is C13H20ClN3. The molecule has 0 radical (unpaired) electrons. The molecule has 4 heteroatoms. The summed E-state index contributed by atoms with van der Waals surface area (Å²) in [6.07, 6.45) is 3.83. The minimum Gasteiger partial charge on any atom is -0.397 e. The van der Waals surface area contributed by atoms with Crippen LogP contribution in [0.1, 0.15) is 19.3 Å². The van der Waals surface area contributed by atoms with Crippen molar-refractivity contribution in [2.45, 2.75) is 19.3 Å². The van der Waals surface area contributed by atoms with E-state index >= 15 is 0 Å². The van der Waals surface area contributed by atoms with Gasteiger partial charge < -0.3 is 16.0 Å². The Morgan fingerprint density at radius 2 is 2.06 bits per heavy atom. The average molecular weight is 254 g/mol. The summed E-state index contributed by atoms with van der Waals surface area (Å²) in [7, 11) is 0. The second-order valence-electron chi connectivity index (χ2n) is 4.53. The van der Waals surface area contributed by atoms with E-state index in [0.717, 1.165) is 30.9 Å². The van der Waals surface area contributed by atoms with Crippen LogP contribution in [0.25, 0.3) is 0 Å². The maximum Gasteiger partial charge on any atom is 0.0763 e. The molecule has 1 heterocycles. The van der Waals surface area contributed by atoms with Crippen LogP contribution in [0.15, 0.2) is 18.2 Å². The number of nitrogens with two attached hydrogens (primary N) is 1. The topological polar surface area (TPSA) is 41.3 Å². The van der Waals surface area contributed by atoms with Gasteiger partial charge in [-0.2, -0.15) is 0 Å². The van der Waals surface area contributed by atoms with E-state index in [9.17, 15) is 0 Å². The third-order valence-electron chi connectivity index (χ3n) is 3.20. The van der Waals surface area contributed by atoms with Gasteiger partial charge in [0.25, 0.3) is 0 Å². The van der Waals surface area contributed by atoms with Crippen LogP contribution in [0.5, 0.6) is 0 Å². The van der Waals surface area contributed by atoms with Crippen molar-refractivity contribution in [2.75, 3.05) is 37.2 Å². The van der Waals surface area contributed by atoms with E-state index in [-0.39, 0.29) is 0 Å². The maximum atomic E-state index is 6.08. The summed E-state index contributed by atoms with van der Waals surface area (Å²) >= 11 is 6.08. The highest BCUT2D eigenvalue weighted by molar-refractivity contribution is 6.33. The first-order valence-electron chi connectivity index (χ1n) is 6.27. The zero-order valence-electron chi connectivity index (χ0n) is 10.1. The summed E-state index contributed by atoms with van der Waals surface area (Å²) in [6.45, 7) is 4.60. The number of halogens is 1. The van der Waals surface area contributed by atoms with Gasteiger partial charge in [0.2, 0.25) is 0 Å². The highest BCUT2D eigenvalue weighted by Crippen LogP contribution is 2.27. The van der Waals surface area contributed by atoms with Crippen molar-refractivity contribution in [3.8, 4) is 0 Å². The van der Waals surface area contributed by atoms with E-state index in [0.29, 0.717) is 5.02 Å². The molecule has 0 aliphatic carbocycles. The second kappa shape index (κ2) is 6.12. The predicted molar refractivity (Wildman–Crippen MR) is 74.6 cm³/mol. The van der Waals surface area contributed by atoms with Crippen LogP contribution in [0.4, 0.5) is 11.4 Å². The number of likely N-dealkylation sites (tertiary alicyclic amines) is 1. The summed E-state index contributed by atoms with van der Waals surface area (Å²) in [4.78, 5) is 2.51. The molecule has 1 saturated heterocycles. The molecule has 3 nitrogen and oxygen atoms in total. The fourth-order valence-electron chi connectivity index (χ4n) is 2.25. The second-order valence-corrected chi connectivity index (χ2v) is 4.94. The quantitative estimate of drug-likeness (QED) is 0.626. The van der Waals surface area contributed by atoms with Crippen molar-refractivity contribution < 1.29 is 0 Å². The van der Waals surface area contributed by atoms with Gasteiger partial charge in [0.05, 0.1) is 16.4 Å². The van der Waals surface area contributed by atoms with Crippen LogP contribution in [-0.2, 0) is 0 Å². The third kappa shape index (κ3) is 3.51. The summed E-state index contributed by atoms with van der Waals surface area (Å²) in [5, 5.41) is 4.02. The molecule has 94 valence electrons. The number of rotatable bonds is 5. The van der Waals surface area contributed by atoms with Gasteiger partial charge >= 0.3 is 0 Å². The van der Waals surface area contributed by atoms with Gasteiger partial charge in [-0.25, -0.2) is 0 Å². The Kier molecular flexibility index (Phi) is 4.51. The number of benzene rings is 1. The van der Waals surface area contributed by atoms with Crippen molar-refractivity contribution in [3.63, 3.8) is 0 Å². The molecule has 0 atom stereocenters. The monoisotopic (exact) mass is 253 g/mol. The van der Waals surface area contributed by atoms with Crippen molar-refractivity contribution >= 4 is 23.0 Å². The van der Waals surface area contributed by atoms with Gasteiger partial charge in [-0.1, -0.05) is 17.7 Å². The van der Waals surface area contributed by atoms with Gasteiger partial charge in [0.1, 0.15) is 0 Å². The summed E-state index contributed by atoms with van der Waals surface area (Å²) < 4.78 is 0. The maximum absolute atomic E-state index is 6.08. The van der Waals surface area contributed by atoms with Crippen molar-refractivity contribution in [3.05, 3.63) is 23.2 Å². The molecule has 1 aliphatic heterocycles. The van der Waals surface area contributed by atoms with Crippen LogP contribution in [0.3, 0.4) is 0 Å². The number of hydrogen-bond donors (Lipinski definition) is 2. The van der Waals surface area contributed by atoms with Crippen LogP contribution in [0.2, 0.25) is 5.02 Å². The molecular weight excluding hydrogens is 234 g/mol. The van der Waals surface area contributed by atoms with Crippen LogP contribution in [-0.4, -0.2) is 31.1 Å². The van der Waals surface area contributed by atoms with Crippen LogP contribution >= 0.6 is 11.6 Å². The molecule has 0 unspecified atom stereocenters. The lowest BCUT2D eigenvalue weighted by atomic mass is 10.2. The van der Waals surface area contributed by atoms with Crippen molar-refractivity contribution in [2.24, 2.45) is 0 Å². The Labute approximate surface area is 108 Å². The summed E-state index contributed by atoms with van der Waals surface area (Å²) in [5.41, 5.74) is 7.46. The number of hydrogen-bond acceptors (Lipinski definition) is 3. The third-order valence-corrected chi connectivity index (χ3v) is 3.51. The zero-order valence-corrected chi connectivity index (χ0v) is 10.8. The number of nitrogen functional groups attached to an aromatic ring is 1. The van der Waals surface area contributed by atoms with Crippen LogP contribution in [0, 0.1) is 0 Å². The minimum atomic E-state index is 0.700. The molecule has 0 aromatic heterocycles. The smallest absolute Gasteiger partial charge is 0.0763 e. The van der Waals surface area contributed by atoms with Crippen LogP contribution < -0.4 is 11.1 Å². The Morgan fingerprint density at radius 1 is 1.29 bits per heavy atom. The Morgan fingerprint density at radius 3 is 2.76 bits per heavy atom. The minimum absolute atomic E-state index is 0.700. The Balaban J connectivity index is 1.74. The van der Waals surface area contributed by atoms with E-state index in [4.69, 9.17) is 17.3 Å². The normalized spacial score (nSPS) is 16.3. The molecule has 1 aromatic rings. The molecule has 1 aromatic carbocycles. The first kappa shape index (κ1) is 12.5. The summed E-state index contributed by atoms with van der Waals surface area (Å²) in [6, 6.07) is 5.60. The fourth-order valence-corrected chi connectivity index (χ4v) is 2.50. The average Bonchev–Trinajstić information content (AvgIpc) is 2.80. The van der Waals surface area contributed by atoms with Crippen molar-refractivity contribution in [1.29, 1.82) is 0 Å². The number of anilines is 2. The Bertz CT molecular complexity index is 341. The van der Waals surface area contributed by atoms with Crippen molar-refractivity contribution in [1.82, 2.24) is 4.90 Å². The standard InChI is InChI=1S/C13H20ClN3/c14-11-5-3-6-12(15)13(11)16-7-4-10-17-8-1-2-9-17/h3,5-6,16H,1-2,4,7-10,15H2. The number of nitrogens with one attached hydrogen (secondary N) is 1. The largest absolute Gasteiger partial charge is 0.397 e. The predicted octanol–water partition coefficient (Wildman–Crippen LogP) is 2.82. The van der Waals surface area contributed by atoms with E-state index in [1.54, 1.807) is 0 Å². The molecule has 0 amide bonds. The number of para-hydroxylation sites is 1. The lowest BCUT2D eigenvalue weighted by Gasteiger charge is -2.15. The van der Waals surface area contributed by atoms with E-state index in [1.165, 1.54) is 25.9 Å². The summed E-state index contributed by atoms with van der Waals surface area (Å²) in [5.74, 6) is 0. The highest BCUT2D eigenvalue weighted by Gasteiger charge is 2.10. The van der Waals surface area contributed by atoms with E-state index < -0.39 is 0 Å². The fraction of sp³-hybridized carbons (Fsp3) is 0.538. The van der Waals surface area contributed by atoms with Gasteiger partial charge in [-0.05, 0) is 51.0 Å².